The number of aromatic nitrogens is 2. The van der Waals surface area contributed by atoms with Crippen molar-refractivity contribution in [3.63, 3.8) is 0 Å². The van der Waals surface area contributed by atoms with E-state index >= 15 is 0 Å². The van der Waals surface area contributed by atoms with Gasteiger partial charge in [0.25, 0.3) is 5.91 Å². The van der Waals surface area contributed by atoms with Crippen molar-refractivity contribution in [3.8, 4) is 0 Å². The molecule has 3 saturated heterocycles. The molecule has 1 aliphatic carbocycles. The molecule has 12 heteroatoms. The van der Waals surface area contributed by atoms with E-state index in [0.29, 0.717) is 37.1 Å². The van der Waals surface area contributed by atoms with E-state index in [-0.39, 0.29) is 35.9 Å². The smallest absolute Gasteiger partial charge is 0.407 e. The summed E-state index contributed by atoms with van der Waals surface area (Å²) in [6, 6.07) is 11.6. The molecule has 2 atom stereocenters. The Morgan fingerprint density at radius 2 is 1.53 bits per heavy atom. The van der Waals surface area contributed by atoms with Crippen LogP contribution in [0.25, 0.3) is 11.0 Å². The fourth-order valence-corrected chi connectivity index (χ4v) is 8.75. The van der Waals surface area contributed by atoms with Crippen LogP contribution >= 0.6 is 0 Å². The highest BCUT2D eigenvalue weighted by atomic mass is 19.1. The zero-order valence-electron chi connectivity index (χ0n) is 28.4. The lowest BCUT2D eigenvalue weighted by Crippen LogP contribution is -2.58. The number of benzene rings is 2. The van der Waals surface area contributed by atoms with Crippen LogP contribution in [0, 0.1) is 17.7 Å². The number of imidazole rings is 1. The van der Waals surface area contributed by atoms with E-state index < -0.39 is 23.4 Å². The number of nitrogens with zero attached hydrogens (tertiary/aromatic N) is 5. The van der Waals surface area contributed by atoms with Crippen LogP contribution in [0.3, 0.4) is 0 Å². The Morgan fingerprint density at radius 1 is 0.898 bits per heavy atom. The second kappa shape index (κ2) is 13.4. The number of hydrogen-bond donors (Lipinski definition) is 3. The number of aromatic amines is 1. The predicted molar refractivity (Wildman–Crippen MR) is 181 cm³/mol. The van der Waals surface area contributed by atoms with Gasteiger partial charge in [0, 0.05) is 49.2 Å². The molecule has 11 nitrogen and oxygen atoms in total. The highest BCUT2D eigenvalue weighted by Crippen LogP contribution is 2.38. The highest BCUT2D eigenvalue weighted by molar-refractivity contribution is 5.95. The number of piperidine rings is 1. The molecule has 3 aliphatic heterocycles. The SMILES string of the molecule is CC(C)(O)C1CCN(Cc2ccc3[nH]/c(=N\C(=O)c4ccc(F)cc4)n([C@H]4CC[C@@H](C(=O)N5C6CCC5CN(C(=O)O)C6)CC4)c3c2)CC1. The lowest BCUT2D eigenvalue weighted by atomic mass is 9.83. The Balaban J connectivity index is 1.13. The van der Waals surface area contributed by atoms with Crippen LogP contribution in [0.1, 0.15) is 87.2 Å². The molecule has 2 unspecified atom stereocenters. The minimum absolute atomic E-state index is 0.0101. The van der Waals surface area contributed by atoms with Gasteiger partial charge in [-0.25, -0.2) is 9.18 Å². The van der Waals surface area contributed by atoms with E-state index in [2.05, 4.69) is 31.6 Å². The number of nitrogens with one attached hydrogen (secondary N) is 1. The van der Waals surface area contributed by atoms with Crippen molar-refractivity contribution in [2.24, 2.45) is 16.8 Å². The summed E-state index contributed by atoms with van der Waals surface area (Å²) in [6.45, 7) is 7.15. The second-order valence-electron chi connectivity index (χ2n) is 15.1. The third-order valence-electron chi connectivity index (χ3n) is 11.5. The molecule has 7 rings (SSSR count). The summed E-state index contributed by atoms with van der Waals surface area (Å²) < 4.78 is 15.7. The predicted octanol–water partition coefficient (Wildman–Crippen LogP) is 4.92. The normalized spacial score (nSPS) is 25.7. The van der Waals surface area contributed by atoms with Gasteiger partial charge in [0.15, 0.2) is 0 Å². The number of H-pyrrole nitrogens is 1. The van der Waals surface area contributed by atoms with Crippen LogP contribution in [-0.4, -0.2) is 96.2 Å². The number of aliphatic hydroxyl groups is 1. The molecule has 3 aromatic rings. The minimum Gasteiger partial charge on any atom is -0.465 e. The van der Waals surface area contributed by atoms with Gasteiger partial charge < -0.3 is 29.6 Å². The lowest BCUT2D eigenvalue weighted by molar-refractivity contribution is -0.142. The topological polar surface area (TPSA) is 134 Å². The van der Waals surface area contributed by atoms with E-state index in [4.69, 9.17) is 0 Å². The van der Waals surface area contributed by atoms with Crippen LogP contribution in [0.4, 0.5) is 9.18 Å². The Hall–Kier alpha value is -4.03. The van der Waals surface area contributed by atoms with E-state index in [1.165, 1.54) is 29.2 Å². The molecular weight excluding hydrogens is 627 g/mol. The van der Waals surface area contributed by atoms with Crippen LogP contribution < -0.4 is 5.62 Å². The third kappa shape index (κ3) is 6.90. The molecule has 49 heavy (non-hydrogen) atoms. The third-order valence-corrected chi connectivity index (χ3v) is 11.5. The second-order valence-corrected chi connectivity index (χ2v) is 15.1. The molecule has 3 N–H and O–H groups in total. The van der Waals surface area contributed by atoms with E-state index in [1.807, 2.05) is 24.8 Å². The number of amides is 3. The molecule has 4 aliphatic rings. The zero-order valence-corrected chi connectivity index (χ0v) is 28.4. The maximum Gasteiger partial charge on any atom is 0.407 e. The monoisotopic (exact) mass is 674 g/mol. The molecule has 2 aromatic carbocycles. The van der Waals surface area contributed by atoms with E-state index in [9.17, 15) is 29.0 Å². The van der Waals surface area contributed by atoms with Crippen molar-refractivity contribution in [2.75, 3.05) is 26.2 Å². The van der Waals surface area contributed by atoms with Gasteiger partial charge >= 0.3 is 6.09 Å². The van der Waals surface area contributed by atoms with Crippen molar-refractivity contribution in [3.05, 3.63) is 65.0 Å². The Morgan fingerprint density at radius 3 is 2.14 bits per heavy atom. The summed E-state index contributed by atoms with van der Waals surface area (Å²) in [5.74, 6) is -0.573. The summed E-state index contributed by atoms with van der Waals surface area (Å²) in [7, 11) is 0. The van der Waals surface area contributed by atoms with Crippen LogP contribution in [0.2, 0.25) is 0 Å². The number of hydrogen-bond acceptors (Lipinski definition) is 5. The van der Waals surface area contributed by atoms with Gasteiger partial charge in [-0.2, -0.15) is 4.99 Å². The van der Waals surface area contributed by atoms with Crippen LogP contribution in [0.15, 0.2) is 47.5 Å². The van der Waals surface area contributed by atoms with Crippen molar-refractivity contribution >= 4 is 28.9 Å². The number of halogens is 1. The van der Waals surface area contributed by atoms with Gasteiger partial charge in [0.2, 0.25) is 11.5 Å². The Kier molecular flexibility index (Phi) is 9.12. The van der Waals surface area contributed by atoms with Gasteiger partial charge in [-0.1, -0.05) is 6.07 Å². The summed E-state index contributed by atoms with van der Waals surface area (Å²) in [5, 5.41) is 20.0. The number of carbonyl (C=O) groups excluding carboxylic acids is 2. The molecule has 1 aromatic heterocycles. The molecule has 4 fully saturated rings. The molecule has 262 valence electrons. The molecule has 3 amide bonds. The average molecular weight is 675 g/mol. The number of piperazine rings is 1. The quantitative estimate of drug-likeness (QED) is 0.340. The molecule has 1 saturated carbocycles. The highest BCUT2D eigenvalue weighted by Gasteiger charge is 2.46. The largest absolute Gasteiger partial charge is 0.465 e. The minimum atomic E-state index is -0.919. The molecule has 0 radical (unpaired) electrons. The molecule has 4 heterocycles. The Labute approximate surface area is 285 Å². The first-order chi connectivity index (χ1) is 23.4. The number of carboxylic acid groups (broad SMARTS) is 1. The first kappa shape index (κ1) is 33.5. The van der Waals surface area contributed by atoms with Crippen molar-refractivity contribution in [1.29, 1.82) is 0 Å². The van der Waals surface area contributed by atoms with Crippen LogP contribution in [0.5, 0.6) is 0 Å². The maximum absolute atomic E-state index is 13.8. The van der Waals surface area contributed by atoms with Crippen molar-refractivity contribution in [2.45, 2.75) is 95.5 Å². The fraction of sp³-hybridized carbons (Fsp3) is 0.568. The van der Waals surface area contributed by atoms with Crippen LogP contribution in [-0.2, 0) is 11.3 Å². The number of fused-ring (bicyclic) bond motifs is 3. The molecule has 2 bridgehead atoms. The zero-order chi connectivity index (χ0) is 34.4. The van der Waals surface area contributed by atoms with Gasteiger partial charge in [0.05, 0.1) is 16.6 Å². The number of rotatable bonds is 6. The van der Waals surface area contributed by atoms with Gasteiger partial charge in [-0.05, 0) is 126 Å². The number of carbonyl (C=O) groups is 3. The fourth-order valence-electron chi connectivity index (χ4n) is 8.75. The van der Waals surface area contributed by atoms with Crippen molar-refractivity contribution in [1.82, 2.24) is 24.3 Å². The van der Waals surface area contributed by atoms with E-state index in [0.717, 1.165) is 74.8 Å². The summed E-state index contributed by atoms with van der Waals surface area (Å²) in [6.07, 6.45) is 5.53. The number of likely N-dealkylation sites (tertiary alicyclic amines) is 2. The first-order valence-electron chi connectivity index (χ1n) is 17.8. The van der Waals surface area contributed by atoms with Gasteiger partial charge in [-0.3, -0.25) is 14.5 Å². The maximum atomic E-state index is 13.8. The summed E-state index contributed by atoms with van der Waals surface area (Å²) >= 11 is 0. The lowest BCUT2D eigenvalue weighted by Gasteiger charge is -2.42. The summed E-state index contributed by atoms with van der Waals surface area (Å²) in [4.78, 5) is 52.5. The van der Waals surface area contributed by atoms with E-state index in [1.54, 1.807) is 0 Å². The van der Waals surface area contributed by atoms with Crippen molar-refractivity contribution < 1.29 is 29.0 Å². The van der Waals surface area contributed by atoms with Gasteiger partial charge in [-0.15, -0.1) is 0 Å². The standard InChI is InChI=1S/C37H47FN6O5/c1-37(2,49)26-15-17-41(18-16-26)20-23-3-14-31-32(19-23)44(35(39-31)40-33(45)24-4-8-27(38)9-5-24)28-10-6-25(7-11-28)34(46)43-29-12-13-30(43)22-42(21-29)36(47)48/h3-5,8-9,14,19,25-26,28-30,49H,6-7,10-13,15-18,20-22H2,1-2H3,(H,47,48)(H,39,40,45)/t25-,28+,29?,30?. The average Bonchev–Trinajstić information content (AvgIpc) is 3.56. The Bertz CT molecular complexity index is 1760. The summed E-state index contributed by atoms with van der Waals surface area (Å²) in [5.41, 5.74) is 3.02. The molecule has 0 spiro atoms. The van der Waals surface area contributed by atoms with Gasteiger partial charge in [0.1, 0.15) is 5.82 Å². The molecular formula is C37H47FN6O5. The first-order valence-corrected chi connectivity index (χ1v) is 17.8.